The van der Waals surface area contributed by atoms with E-state index in [1.54, 1.807) is 24.3 Å². The van der Waals surface area contributed by atoms with E-state index in [0.29, 0.717) is 18.7 Å². The summed E-state index contributed by atoms with van der Waals surface area (Å²) in [5.41, 5.74) is 9.19. The van der Waals surface area contributed by atoms with Gasteiger partial charge in [-0.3, -0.25) is 10.2 Å². The highest BCUT2D eigenvalue weighted by Crippen LogP contribution is 2.13. The number of piperazine rings is 1. The first-order valence-electron chi connectivity index (χ1n) is 6.85. The molecule has 1 saturated heterocycles. The van der Waals surface area contributed by atoms with Crippen molar-refractivity contribution < 1.29 is 9.53 Å². The van der Waals surface area contributed by atoms with Crippen LogP contribution in [0.2, 0.25) is 0 Å². The van der Waals surface area contributed by atoms with Gasteiger partial charge in [-0.25, -0.2) is 5.01 Å². The molecule has 1 heterocycles. The number of ether oxygens (including phenoxy) is 1. The Kier molecular flexibility index (Phi) is 5.20. The van der Waals surface area contributed by atoms with E-state index in [1.165, 1.54) is 0 Å². The van der Waals surface area contributed by atoms with E-state index in [-0.39, 0.29) is 5.91 Å². The number of rotatable bonds is 5. The van der Waals surface area contributed by atoms with Crippen LogP contribution < -0.4 is 15.9 Å². The zero-order valence-electron chi connectivity index (χ0n) is 11.8. The summed E-state index contributed by atoms with van der Waals surface area (Å²) in [5.74, 6) is 0.719. The van der Waals surface area contributed by atoms with Crippen LogP contribution in [0.15, 0.2) is 24.3 Å². The van der Waals surface area contributed by atoms with E-state index in [1.807, 2.05) is 5.01 Å². The predicted molar refractivity (Wildman–Crippen MR) is 78.2 cm³/mol. The summed E-state index contributed by atoms with van der Waals surface area (Å²) < 4.78 is 5.49. The molecule has 0 spiro atoms. The number of hydrogen-bond acceptors (Lipinski definition) is 5. The lowest BCUT2D eigenvalue weighted by Crippen LogP contribution is -2.52. The Morgan fingerprint density at radius 3 is 2.55 bits per heavy atom. The second-order valence-corrected chi connectivity index (χ2v) is 4.99. The second kappa shape index (κ2) is 7.12. The lowest BCUT2D eigenvalue weighted by Gasteiger charge is -2.32. The molecule has 1 amide bonds. The summed E-state index contributed by atoms with van der Waals surface area (Å²) in [4.78, 5) is 14.0. The van der Waals surface area contributed by atoms with Crippen LogP contribution in [0.4, 0.5) is 5.69 Å². The molecule has 6 heteroatoms. The number of carbonyl (C=O) groups excluding carboxylic acids is 1. The number of nitrogens with two attached hydrogens (primary N) is 1. The van der Waals surface area contributed by atoms with Crippen LogP contribution >= 0.6 is 0 Å². The molecule has 2 rings (SSSR count). The van der Waals surface area contributed by atoms with Crippen molar-refractivity contribution >= 4 is 11.6 Å². The van der Waals surface area contributed by atoms with Crippen molar-refractivity contribution in [2.45, 2.75) is 6.42 Å². The number of hydrogen-bond donors (Lipinski definition) is 2. The maximum absolute atomic E-state index is 11.8. The van der Waals surface area contributed by atoms with Crippen LogP contribution in [0.3, 0.4) is 0 Å². The third-order valence-electron chi connectivity index (χ3n) is 3.26. The molecule has 0 bridgehead atoms. The maximum Gasteiger partial charge on any atom is 0.237 e. The highest BCUT2D eigenvalue weighted by molar-refractivity contribution is 5.75. The quantitative estimate of drug-likeness (QED) is 0.759. The highest BCUT2D eigenvalue weighted by atomic mass is 16.5. The van der Waals surface area contributed by atoms with Gasteiger partial charge in [-0.1, -0.05) is 0 Å². The van der Waals surface area contributed by atoms with Gasteiger partial charge in [-0.05, 0) is 31.3 Å². The van der Waals surface area contributed by atoms with Crippen LogP contribution in [-0.4, -0.2) is 55.6 Å². The normalized spacial score (nSPS) is 16.9. The average molecular weight is 278 g/mol. The van der Waals surface area contributed by atoms with Gasteiger partial charge in [0.25, 0.3) is 0 Å². The van der Waals surface area contributed by atoms with Crippen LogP contribution in [0.1, 0.15) is 6.42 Å². The fourth-order valence-corrected chi connectivity index (χ4v) is 1.98. The van der Waals surface area contributed by atoms with Crippen molar-refractivity contribution in [1.82, 2.24) is 15.3 Å². The molecule has 1 aliphatic rings. The first-order chi connectivity index (χ1) is 9.63. The van der Waals surface area contributed by atoms with Crippen molar-refractivity contribution in [2.24, 2.45) is 0 Å². The molecule has 6 nitrogen and oxygen atoms in total. The Morgan fingerprint density at radius 2 is 1.90 bits per heavy atom. The zero-order chi connectivity index (χ0) is 14.4. The summed E-state index contributed by atoms with van der Waals surface area (Å²) in [6, 6.07) is 7.15. The molecular weight excluding hydrogens is 256 g/mol. The van der Waals surface area contributed by atoms with Crippen molar-refractivity contribution in [2.75, 3.05) is 45.6 Å². The number of benzene rings is 1. The van der Waals surface area contributed by atoms with Gasteiger partial charge in [0.05, 0.1) is 13.0 Å². The van der Waals surface area contributed by atoms with Gasteiger partial charge in [0.2, 0.25) is 5.91 Å². The SMILES string of the molecule is CN1CCN(NC(=O)CCOc2ccc(N)cc2)CC1. The number of amides is 1. The Bertz CT molecular complexity index is 427. The molecule has 1 fully saturated rings. The van der Waals surface area contributed by atoms with Crippen LogP contribution in [0.5, 0.6) is 5.75 Å². The van der Waals surface area contributed by atoms with Crippen LogP contribution in [0, 0.1) is 0 Å². The largest absolute Gasteiger partial charge is 0.493 e. The number of carbonyl (C=O) groups is 1. The molecule has 0 saturated carbocycles. The molecule has 3 N–H and O–H groups in total. The molecule has 0 radical (unpaired) electrons. The van der Waals surface area contributed by atoms with E-state index < -0.39 is 0 Å². The first kappa shape index (κ1) is 14.6. The van der Waals surface area contributed by atoms with Crippen molar-refractivity contribution in [3.05, 3.63) is 24.3 Å². The molecule has 0 unspecified atom stereocenters. The molecule has 110 valence electrons. The Morgan fingerprint density at radius 1 is 1.25 bits per heavy atom. The third kappa shape index (κ3) is 4.71. The van der Waals surface area contributed by atoms with Gasteiger partial charge in [-0.2, -0.15) is 0 Å². The maximum atomic E-state index is 11.8. The minimum absolute atomic E-state index is 0.00926. The standard InChI is InChI=1S/C14H22N4O2/c1-17-7-9-18(10-8-17)16-14(19)6-11-20-13-4-2-12(15)3-5-13/h2-5H,6-11,15H2,1H3,(H,16,19). The Balaban J connectivity index is 1.64. The van der Waals surface area contributed by atoms with E-state index in [9.17, 15) is 4.79 Å². The number of nitrogens with one attached hydrogen (secondary N) is 1. The summed E-state index contributed by atoms with van der Waals surface area (Å²) in [6.07, 6.45) is 0.344. The number of nitrogens with zero attached hydrogens (tertiary/aromatic N) is 2. The summed E-state index contributed by atoms with van der Waals surface area (Å²) in [7, 11) is 2.08. The van der Waals surface area contributed by atoms with Gasteiger partial charge < -0.3 is 15.4 Å². The van der Waals surface area contributed by atoms with E-state index in [2.05, 4.69) is 17.4 Å². The summed E-state index contributed by atoms with van der Waals surface area (Å²) >= 11 is 0. The van der Waals surface area contributed by atoms with Crippen molar-refractivity contribution in [1.29, 1.82) is 0 Å². The molecule has 1 aliphatic heterocycles. The van der Waals surface area contributed by atoms with Crippen molar-refractivity contribution in [3.8, 4) is 5.75 Å². The van der Waals surface area contributed by atoms with Gasteiger partial charge in [0.15, 0.2) is 0 Å². The van der Waals surface area contributed by atoms with Gasteiger partial charge in [-0.15, -0.1) is 0 Å². The fourth-order valence-electron chi connectivity index (χ4n) is 1.98. The zero-order valence-corrected chi connectivity index (χ0v) is 11.8. The topological polar surface area (TPSA) is 70.8 Å². The lowest BCUT2D eigenvalue weighted by molar-refractivity contribution is -0.127. The minimum Gasteiger partial charge on any atom is -0.493 e. The van der Waals surface area contributed by atoms with Crippen LogP contribution in [0.25, 0.3) is 0 Å². The fraction of sp³-hybridized carbons (Fsp3) is 0.500. The number of anilines is 1. The predicted octanol–water partition coefficient (Wildman–Crippen LogP) is 0.316. The van der Waals surface area contributed by atoms with E-state index in [4.69, 9.17) is 10.5 Å². The number of likely N-dealkylation sites (N-methyl/N-ethyl adjacent to an activating group) is 1. The number of hydrazine groups is 1. The molecule has 1 aromatic carbocycles. The summed E-state index contributed by atoms with van der Waals surface area (Å²) in [6.45, 7) is 4.04. The molecule has 1 aromatic rings. The smallest absolute Gasteiger partial charge is 0.237 e. The molecule has 0 aliphatic carbocycles. The second-order valence-electron chi connectivity index (χ2n) is 4.99. The first-order valence-corrected chi connectivity index (χ1v) is 6.85. The monoisotopic (exact) mass is 278 g/mol. The van der Waals surface area contributed by atoms with Gasteiger partial charge >= 0.3 is 0 Å². The summed E-state index contributed by atoms with van der Waals surface area (Å²) in [5, 5.41) is 1.96. The average Bonchev–Trinajstić information content (AvgIpc) is 2.44. The van der Waals surface area contributed by atoms with Crippen LogP contribution in [-0.2, 0) is 4.79 Å². The third-order valence-corrected chi connectivity index (χ3v) is 3.26. The Hall–Kier alpha value is -1.79. The molecule has 20 heavy (non-hydrogen) atoms. The van der Waals surface area contributed by atoms with E-state index >= 15 is 0 Å². The molecule has 0 aromatic heterocycles. The van der Waals surface area contributed by atoms with Gasteiger partial charge in [0.1, 0.15) is 5.75 Å². The molecular formula is C14H22N4O2. The van der Waals surface area contributed by atoms with Gasteiger partial charge in [0, 0.05) is 31.9 Å². The Labute approximate surface area is 119 Å². The number of nitrogen functional groups attached to an aromatic ring is 1. The highest BCUT2D eigenvalue weighted by Gasteiger charge is 2.15. The van der Waals surface area contributed by atoms with Crippen molar-refractivity contribution in [3.63, 3.8) is 0 Å². The van der Waals surface area contributed by atoms with E-state index in [0.717, 1.165) is 31.9 Å². The minimum atomic E-state index is -0.00926. The lowest BCUT2D eigenvalue weighted by atomic mass is 10.3. The molecule has 0 atom stereocenters.